The van der Waals surface area contributed by atoms with Crippen molar-refractivity contribution in [2.75, 3.05) is 18.0 Å². The molecule has 4 rings (SSSR count). The molecule has 2 aromatic heterocycles. The van der Waals surface area contributed by atoms with E-state index in [0.29, 0.717) is 0 Å². The van der Waals surface area contributed by atoms with Gasteiger partial charge >= 0.3 is 0 Å². The Kier molecular flexibility index (Phi) is 3.77. The molecule has 5 heteroatoms. The number of aromatic nitrogens is 1. The van der Waals surface area contributed by atoms with Gasteiger partial charge in [0, 0.05) is 37.2 Å². The standard InChI is InChI=1S/C18H21N3O2/c22-18(15-12-14(15)16-4-3-11-23-16)20-13-6-9-21(10-7-13)17-5-1-2-8-19-17/h1-5,8,11,13-15H,6-7,9-10,12H2,(H,20,22). The summed E-state index contributed by atoms with van der Waals surface area (Å²) >= 11 is 0. The molecule has 23 heavy (non-hydrogen) atoms. The average Bonchev–Trinajstić information content (AvgIpc) is 3.22. The van der Waals surface area contributed by atoms with E-state index in [1.54, 1.807) is 6.26 Å². The van der Waals surface area contributed by atoms with Gasteiger partial charge < -0.3 is 14.6 Å². The molecule has 2 aromatic rings. The van der Waals surface area contributed by atoms with Crippen molar-refractivity contribution < 1.29 is 9.21 Å². The number of amides is 1. The molecule has 1 saturated heterocycles. The fourth-order valence-electron chi connectivity index (χ4n) is 3.40. The molecule has 1 N–H and O–H groups in total. The highest BCUT2D eigenvalue weighted by Crippen LogP contribution is 2.47. The maximum Gasteiger partial charge on any atom is 0.224 e. The zero-order valence-corrected chi connectivity index (χ0v) is 13.0. The first-order valence-corrected chi connectivity index (χ1v) is 8.31. The highest BCUT2D eigenvalue weighted by molar-refractivity contribution is 5.83. The summed E-state index contributed by atoms with van der Waals surface area (Å²) in [5.74, 6) is 2.52. The molecule has 0 radical (unpaired) electrons. The zero-order valence-electron chi connectivity index (χ0n) is 13.0. The average molecular weight is 311 g/mol. The number of rotatable bonds is 4. The Balaban J connectivity index is 1.26. The van der Waals surface area contributed by atoms with Gasteiger partial charge in [-0.3, -0.25) is 4.79 Å². The van der Waals surface area contributed by atoms with E-state index < -0.39 is 0 Å². The molecule has 5 nitrogen and oxygen atoms in total. The number of anilines is 1. The fourth-order valence-corrected chi connectivity index (χ4v) is 3.40. The second kappa shape index (κ2) is 6.07. The molecule has 0 aromatic carbocycles. The van der Waals surface area contributed by atoms with Gasteiger partial charge in [-0.1, -0.05) is 6.07 Å². The number of hydrogen-bond donors (Lipinski definition) is 1. The van der Waals surface area contributed by atoms with E-state index in [1.807, 2.05) is 36.5 Å². The van der Waals surface area contributed by atoms with E-state index in [2.05, 4.69) is 15.2 Å². The third-order valence-electron chi connectivity index (χ3n) is 4.85. The van der Waals surface area contributed by atoms with Gasteiger partial charge in [-0.05, 0) is 43.5 Å². The van der Waals surface area contributed by atoms with Crippen LogP contribution in [0.3, 0.4) is 0 Å². The summed E-state index contributed by atoms with van der Waals surface area (Å²) in [4.78, 5) is 19.0. The predicted octanol–water partition coefficient (Wildman–Crippen LogP) is 2.56. The lowest BCUT2D eigenvalue weighted by atomic mass is 10.0. The van der Waals surface area contributed by atoms with Crippen molar-refractivity contribution in [1.29, 1.82) is 0 Å². The number of pyridine rings is 1. The summed E-state index contributed by atoms with van der Waals surface area (Å²) in [5, 5.41) is 3.22. The topological polar surface area (TPSA) is 58.4 Å². The molecule has 2 aliphatic rings. The number of carbonyl (C=O) groups excluding carboxylic acids is 1. The summed E-state index contributed by atoms with van der Waals surface area (Å²) in [6.07, 6.45) is 6.36. The van der Waals surface area contributed by atoms with Crippen LogP contribution in [0, 0.1) is 5.92 Å². The number of nitrogens with zero attached hydrogens (tertiary/aromatic N) is 2. The van der Waals surface area contributed by atoms with Crippen molar-refractivity contribution in [3.05, 3.63) is 48.6 Å². The molecule has 0 bridgehead atoms. The molecular formula is C18H21N3O2. The van der Waals surface area contributed by atoms with Crippen LogP contribution in [-0.4, -0.2) is 30.0 Å². The third kappa shape index (κ3) is 3.09. The third-order valence-corrected chi connectivity index (χ3v) is 4.85. The second-order valence-electron chi connectivity index (χ2n) is 6.42. The Hall–Kier alpha value is -2.30. The van der Waals surface area contributed by atoms with E-state index in [1.165, 1.54) is 0 Å². The maximum absolute atomic E-state index is 12.4. The van der Waals surface area contributed by atoms with Crippen LogP contribution in [0.1, 0.15) is 30.9 Å². The Morgan fingerprint density at radius 1 is 1.22 bits per heavy atom. The molecular weight excluding hydrogens is 290 g/mol. The lowest BCUT2D eigenvalue weighted by Crippen LogP contribution is -2.45. The fraction of sp³-hybridized carbons (Fsp3) is 0.444. The van der Waals surface area contributed by atoms with Crippen LogP contribution in [0.15, 0.2) is 47.2 Å². The molecule has 0 spiro atoms. The van der Waals surface area contributed by atoms with E-state index in [0.717, 1.165) is 43.9 Å². The van der Waals surface area contributed by atoms with Gasteiger partial charge in [-0.15, -0.1) is 0 Å². The van der Waals surface area contributed by atoms with Crippen molar-refractivity contribution in [2.45, 2.75) is 31.2 Å². The largest absolute Gasteiger partial charge is 0.469 e. The zero-order chi connectivity index (χ0) is 15.6. The van der Waals surface area contributed by atoms with Crippen LogP contribution in [0.5, 0.6) is 0 Å². The monoisotopic (exact) mass is 311 g/mol. The van der Waals surface area contributed by atoms with Crippen LogP contribution >= 0.6 is 0 Å². The molecule has 1 amide bonds. The molecule has 1 saturated carbocycles. The quantitative estimate of drug-likeness (QED) is 0.943. The molecule has 2 atom stereocenters. The minimum absolute atomic E-state index is 0.0926. The van der Waals surface area contributed by atoms with E-state index >= 15 is 0 Å². The Morgan fingerprint density at radius 3 is 2.78 bits per heavy atom. The summed E-state index contributed by atoms with van der Waals surface area (Å²) in [6.45, 7) is 1.88. The Labute approximate surface area is 135 Å². The Morgan fingerprint density at radius 2 is 2.09 bits per heavy atom. The first-order valence-electron chi connectivity index (χ1n) is 8.31. The highest BCUT2D eigenvalue weighted by atomic mass is 16.3. The highest BCUT2D eigenvalue weighted by Gasteiger charge is 2.46. The van der Waals surface area contributed by atoms with Gasteiger partial charge in [0.25, 0.3) is 0 Å². The minimum atomic E-state index is 0.0926. The SMILES string of the molecule is O=C(NC1CCN(c2ccccn2)CC1)C1CC1c1ccco1. The molecule has 1 aliphatic heterocycles. The number of furan rings is 1. The van der Waals surface area contributed by atoms with Gasteiger partial charge in [0.1, 0.15) is 11.6 Å². The van der Waals surface area contributed by atoms with Crippen LogP contribution in [0.2, 0.25) is 0 Å². The summed E-state index contributed by atoms with van der Waals surface area (Å²) in [6, 6.07) is 10.1. The number of nitrogens with one attached hydrogen (secondary N) is 1. The van der Waals surface area contributed by atoms with Crippen LogP contribution in [0.4, 0.5) is 5.82 Å². The van der Waals surface area contributed by atoms with E-state index in [9.17, 15) is 4.79 Å². The molecule has 3 heterocycles. The lowest BCUT2D eigenvalue weighted by Gasteiger charge is -2.33. The van der Waals surface area contributed by atoms with E-state index in [4.69, 9.17) is 4.42 Å². The normalized spacial score (nSPS) is 24.4. The first kappa shape index (κ1) is 14.3. The summed E-state index contributed by atoms with van der Waals surface area (Å²) in [5.41, 5.74) is 0. The van der Waals surface area contributed by atoms with Gasteiger partial charge in [0.15, 0.2) is 0 Å². The van der Waals surface area contributed by atoms with Crippen molar-refractivity contribution in [1.82, 2.24) is 10.3 Å². The molecule has 1 aliphatic carbocycles. The predicted molar refractivity (Wildman–Crippen MR) is 87.2 cm³/mol. The van der Waals surface area contributed by atoms with Gasteiger partial charge in [0.2, 0.25) is 5.91 Å². The lowest BCUT2D eigenvalue weighted by molar-refractivity contribution is -0.123. The number of carbonyl (C=O) groups is 1. The molecule has 2 unspecified atom stereocenters. The van der Waals surface area contributed by atoms with Crippen LogP contribution < -0.4 is 10.2 Å². The Bertz CT molecular complexity index is 648. The summed E-state index contributed by atoms with van der Waals surface area (Å²) < 4.78 is 5.40. The van der Waals surface area contributed by atoms with Crippen LogP contribution in [-0.2, 0) is 4.79 Å². The van der Waals surface area contributed by atoms with Gasteiger partial charge in [-0.25, -0.2) is 4.98 Å². The van der Waals surface area contributed by atoms with Crippen LogP contribution in [0.25, 0.3) is 0 Å². The number of hydrogen-bond acceptors (Lipinski definition) is 4. The minimum Gasteiger partial charge on any atom is -0.469 e. The van der Waals surface area contributed by atoms with E-state index in [-0.39, 0.29) is 23.8 Å². The molecule has 2 fully saturated rings. The van der Waals surface area contributed by atoms with Crippen molar-refractivity contribution >= 4 is 11.7 Å². The maximum atomic E-state index is 12.4. The molecule has 120 valence electrons. The van der Waals surface area contributed by atoms with Crippen molar-refractivity contribution in [3.63, 3.8) is 0 Å². The van der Waals surface area contributed by atoms with Gasteiger partial charge in [-0.2, -0.15) is 0 Å². The van der Waals surface area contributed by atoms with Crippen molar-refractivity contribution in [3.8, 4) is 0 Å². The smallest absolute Gasteiger partial charge is 0.224 e. The van der Waals surface area contributed by atoms with Crippen molar-refractivity contribution in [2.24, 2.45) is 5.92 Å². The number of piperidine rings is 1. The first-order chi connectivity index (χ1) is 11.3. The summed E-state index contributed by atoms with van der Waals surface area (Å²) in [7, 11) is 0. The second-order valence-corrected chi connectivity index (χ2v) is 6.42. The van der Waals surface area contributed by atoms with Gasteiger partial charge in [0.05, 0.1) is 6.26 Å².